The van der Waals surface area contributed by atoms with Crippen molar-refractivity contribution < 1.29 is 9.53 Å². The number of morpholine rings is 1. The van der Waals surface area contributed by atoms with Gasteiger partial charge in [0.1, 0.15) is 0 Å². The molecule has 2 aliphatic heterocycles. The van der Waals surface area contributed by atoms with Crippen molar-refractivity contribution in [3.05, 3.63) is 29.5 Å². The van der Waals surface area contributed by atoms with E-state index in [0.717, 1.165) is 31.5 Å². The number of rotatable bonds is 3. The number of hydrogen-bond acceptors (Lipinski definition) is 6. The van der Waals surface area contributed by atoms with Crippen molar-refractivity contribution in [3.8, 4) is 11.4 Å². The highest BCUT2D eigenvalue weighted by Gasteiger charge is 2.35. The van der Waals surface area contributed by atoms with Crippen LogP contribution in [0.3, 0.4) is 0 Å². The molecule has 1 aromatic heterocycles. The largest absolute Gasteiger partial charge is 0.371 e. The molecule has 2 fully saturated rings. The zero-order valence-electron chi connectivity index (χ0n) is 14.3. The Morgan fingerprint density at radius 2 is 1.85 bits per heavy atom. The number of nitrogens with zero attached hydrogens (tertiary/aromatic N) is 4. The summed E-state index contributed by atoms with van der Waals surface area (Å²) in [5, 5.41) is 5.38. The molecule has 0 radical (unpaired) electrons. The highest BCUT2D eigenvalue weighted by Crippen LogP contribution is 2.29. The molecule has 26 heavy (non-hydrogen) atoms. The number of urea groups is 1. The number of hydrogen-bond donors (Lipinski definition) is 2. The lowest BCUT2D eigenvalue weighted by Gasteiger charge is -2.32. The van der Waals surface area contributed by atoms with Gasteiger partial charge in [0.15, 0.2) is 5.82 Å². The van der Waals surface area contributed by atoms with E-state index in [9.17, 15) is 4.79 Å². The SMILES string of the molecule is CNC(=O)Nc1ccc(-c2nc(Cl)nc(N3CC4CCC(C3)O4)n2)cc1. The summed E-state index contributed by atoms with van der Waals surface area (Å²) in [5.41, 5.74) is 1.48. The second-order valence-electron chi connectivity index (χ2n) is 6.37. The highest BCUT2D eigenvalue weighted by molar-refractivity contribution is 6.28. The van der Waals surface area contributed by atoms with Gasteiger partial charge in [0.05, 0.1) is 12.2 Å². The number of amides is 2. The topological polar surface area (TPSA) is 92.3 Å². The summed E-state index contributed by atoms with van der Waals surface area (Å²) in [6.45, 7) is 1.54. The third-order valence-electron chi connectivity index (χ3n) is 4.55. The van der Waals surface area contributed by atoms with Gasteiger partial charge in [0.25, 0.3) is 0 Å². The molecule has 0 spiro atoms. The molecule has 4 rings (SSSR count). The summed E-state index contributed by atoms with van der Waals surface area (Å²) >= 11 is 6.14. The highest BCUT2D eigenvalue weighted by atomic mass is 35.5. The summed E-state index contributed by atoms with van der Waals surface area (Å²) < 4.78 is 5.86. The van der Waals surface area contributed by atoms with Crippen LogP contribution >= 0.6 is 11.6 Å². The van der Waals surface area contributed by atoms with E-state index in [1.807, 2.05) is 12.1 Å². The van der Waals surface area contributed by atoms with Gasteiger partial charge in [-0.05, 0) is 48.7 Å². The van der Waals surface area contributed by atoms with Gasteiger partial charge in [-0.1, -0.05) is 0 Å². The van der Waals surface area contributed by atoms with Crippen LogP contribution in [0.1, 0.15) is 12.8 Å². The first kappa shape index (κ1) is 17.0. The lowest BCUT2D eigenvalue weighted by atomic mass is 10.2. The Labute approximate surface area is 155 Å². The normalized spacial score (nSPS) is 21.5. The third kappa shape index (κ3) is 3.56. The fourth-order valence-electron chi connectivity index (χ4n) is 3.28. The molecule has 2 unspecified atom stereocenters. The zero-order valence-corrected chi connectivity index (χ0v) is 15.0. The van der Waals surface area contributed by atoms with Gasteiger partial charge in [-0.2, -0.15) is 15.0 Å². The molecule has 2 aromatic rings. The molecular weight excluding hydrogens is 356 g/mol. The van der Waals surface area contributed by atoms with E-state index < -0.39 is 0 Å². The van der Waals surface area contributed by atoms with Crippen LogP contribution in [0.5, 0.6) is 0 Å². The maximum Gasteiger partial charge on any atom is 0.318 e. The minimum atomic E-state index is -0.273. The Bertz CT molecular complexity index is 803. The molecule has 9 heteroatoms. The lowest BCUT2D eigenvalue weighted by molar-refractivity contribution is 0.0299. The first-order valence-corrected chi connectivity index (χ1v) is 8.89. The minimum absolute atomic E-state index is 0.163. The number of anilines is 2. The van der Waals surface area contributed by atoms with Gasteiger partial charge >= 0.3 is 6.03 Å². The van der Waals surface area contributed by atoms with Crippen molar-refractivity contribution in [1.82, 2.24) is 20.3 Å². The molecule has 0 saturated carbocycles. The summed E-state index contributed by atoms with van der Waals surface area (Å²) in [6, 6.07) is 6.98. The maximum atomic E-state index is 11.4. The monoisotopic (exact) mass is 374 g/mol. The van der Waals surface area contributed by atoms with E-state index in [4.69, 9.17) is 16.3 Å². The summed E-state index contributed by atoms with van der Waals surface area (Å²) in [4.78, 5) is 26.6. The first-order valence-electron chi connectivity index (χ1n) is 8.52. The maximum absolute atomic E-state index is 11.4. The zero-order chi connectivity index (χ0) is 18.1. The second-order valence-corrected chi connectivity index (χ2v) is 6.71. The molecule has 2 saturated heterocycles. The molecule has 2 N–H and O–H groups in total. The predicted molar refractivity (Wildman–Crippen MR) is 98.5 cm³/mol. The smallest absolute Gasteiger partial charge is 0.318 e. The second kappa shape index (κ2) is 7.05. The Kier molecular flexibility index (Phi) is 4.60. The van der Waals surface area contributed by atoms with Crippen LogP contribution in [0.4, 0.5) is 16.4 Å². The Balaban J connectivity index is 1.57. The number of fused-ring (bicyclic) bond motifs is 2. The fraction of sp³-hybridized carbons (Fsp3) is 0.412. The Hall–Kier alpha value is -2.45. The minimum Gasteiger partial charge on any atom is -0.371 e. The molecule has 1 aromatic carbocycles. The van der Waals surface area contributed by atoms with Crippen molar-refractivity contribution in [1.29, 1.82) is 0 Å². The first-order chi connectivity index (χ1) is 12.6. The van der Waals surface area contributed by atoms with Gasteiger partial charge in [-0.3, -0.25) is 0 Å². The average molecular weight is 375 g/mol. The number of aromatic nitrogens is 3. The Morgan fingerprint density at radius 3 is 2.50 bits per heavy atom. The van der Waals surface area contributed by atoms with Gasteiger partial charge in [-0.15, -0.1) is 0 Å². The van der Waals surface area contributed by atoms with E-state index in [1.54, 1.807) is 19.2 Å². The van der Waals surface area contributed by atoms with Gasteiger partial charge in [-0.25, -0.2) is 4.79 Å². The van der Waals surface area contributed by atoms with Gasteiger partial charge in [0.2, 0.25) is 11.2 Å². The quantitative estimate of drug-likeness (QED) is 0.856. The predicted octanol–water partition coefficient (Wildman–Crippen LogP) is 2.31. The molecule has 2 amide bonds. The van der Waals surface area contributed by atoms with Crippen LogP contribution in [0.2, 0.25) is 5.28 Å². The van der Waals surface area contributed by atoms with Crippen LogP contribution in [0.25, 0.3) is 11.4 Å². The van der Waals surface area contributed by atoms with Crippen molar-refractivity contribution in [2.75, 3.05) is 30.4 Å². The summed E-state index contributed by atoms with van der Waals surface area (Å²) in [7, 11) is 1.57. The van der Waals surface area contributed by atoms with Crippen LogP contribution in [0, 0.1) is 0 Å². The van der Waals surface area contributed by atoms with E-state index in [0.29, 0.717) is 17.5 Å². The molecule has 0 aliphatic carbocycles. The fourth-order valence-corrected chi connectivity index (χ4v) is 3.44. The van der Waals surface area contributed by atoms with Crippen molar-refractivity contribution in [2.45, 2.75) is 25.0 Å². The van der Waals surface area contributed by atoms with Crippen LogP contribution < -0.4 is 15.5 Å². The number of benzene rings is 1. The van der Waals surface area contributed by atoms with Gasteiger partial charge in [0, 0.05) is 31.4 Å². The number of nitrogens with one attached hydrogen (secondary N) is 2. The molecule has 2 aliphatic rings. The lowest BCUT2D eigenvalue weighted by Crippen LogP contribution is -2.43. The van der Waals surface area contributed by atoms with E-state index in [2.05, 4.69) is 30.5 Å². The molecular formula is C17H19ClN6O2. The van der Waals surface area contributed by atoms with E-state index in [1.165, 1.54) is 0 Å². The van der Waals surface area contributed by atoms with Crippen molar-refractivity contribution in [3.63, 3.8) is 0 Å². The van der Waals surface area contributed by atoms with Crippen LogP contribution in [0.15, 0.2) is 24.3 Å². The molecule has 2 atom stereocenters. The number of carbonyl (C=O) groups excluding carboxylic acids is 1. The number of carbonyl (C=O) groups is 1. The van der Waals surface area contributed by atoms with Gasteiger partial charge < -0.3 is 20.3 Å². The van der Waals surface area contributed by atoms with Crippen LogP contribution in [-0.4, -0.2) is 53.3 Å². The molecule has 2 bridgehead atoms. The average Bonchev–Trinajstić information content (AvgIpc) is 2.99. The van der Waals surface area contributed by atoms with Crippen molar-refractivity contribution >= 4 is 29.3 Å². The summed E-state index contributed by atoms with van der Waals surface area (Å²) in [5.74, 6) is 1.08. The van der Waals surface area contributed by atoms with Crippen molar-refractivity contribution in [2.24, 2.45) is 0 Å². The third-order valence-corrected chi connectivity index (χ3v) is 4.72. The standard InChI is InChI=1S/C17H19ClN6O2/c1-19-17(25)20-11-4-2-10(3-5-11)14-21-15(18)23-16(22-14)24-8-12-6-7-13(9-24)26-12/h2-5,12-13H,6-9H2,1H3,(H2,19,20,25). The molecule has 136 valence electrons. The van der Waals surface area contributed by atoms with Crippen LogP contribution in [-0.2, 0) is 4.74 Å². The molecule has 3 heterocycles. The molecule has 8 nitrogen and oxygen atoms in total. The number of halogens is 1. The van der Waals surface area contributed by atoms with E-state index >= 15 is 0 Å². The van der Waals surface area contributed by atoms with E-state index in [-0.39, 0.29) is 23.5 Å². The summed E-state index contributed by atoms with van der Waals surface area (Å²) in [6.07, 6.45) is 2.63. The Morgan fingerprint density at radius 1 is 1.15 bits per heavy atom. The number of ether oxygens (including phenoxy) is 1.